The van der Waals surface area contributed by atoms with Crippen LogP contribution in [0.2, 0.25) is 0 Å². The molecule has 0 atom stereocenters. The minimum absolute atomic E-state index is 0.0894. The summed E-state index contributed by atoms with van der Waals surface area (Å²) in [7, 11) is 1.93. The van der Waals surface area contributed by atoms with E-state index in [1.54, 1.807) is 0 Å². The maximum Gasteiger partial charge on any atom is 0.223 e. The maximum absolute atomic E-state index is 4.38. The van der Waals surface area contributed by atoms with Gasteiger partial charge in [-0.1, -0.05) is 28.1 Å². The Morgan fingerprint density at radius 3 is 2.20 bits per heavy atom. The van der Waals surface area contributed by atoms with Gasteiger partial charge in [-0.25, -0.2) is 9.97 Å². The zero-order valence-electron chi connectivity index (χ0n) is 11.9. The highest BCUT2D eigenvalue weighted by Gasteiger charge is 2.17. The molecule has 2 N–H and O–H groups in total. The molecule has 0 bridgehead atoms. The van der Waals surface area contributed by atoms with E-state index in [0.717, 1.165) is 22.1 Å². The van der Waals surface area contributed by atoms with Gasteiger partial charge in [0.05, 0.1) is 0 Å². The number of anilines is 1. The van der Waals surface area contributed by atoms with Crippen LogP contribution in [0.15, 0.2) is 41.1 Å². The number of hydrogen-bond donors (Lipinski definition) is 2. The molecule has 0 aliphatic rings. The number of nitrogens with zero attached hydrogens (tertiary/aromatic N) is 2. The lowest BCUT2D eigenvalue weighted by atomic mass is 10.1. The van der Waals surface area contributed by atoms with Gasteiger partial charge < -0.3 is 10.6 Å². The smallest absolute Gasteiger partial charge is 0.223 e. The van der Waals surface area contributed by atoms with Crippen molar-refractivity contribution in [3.63, 3.8) is 0 Å². The molecule has 0 fully saturated rings. The highest BCUT2D eigenvalue weighted by atomic mass is 79.9. The van der Waals surface area contributed by atoms with Crippen LogP contribution in [0.1, 0.15) is 13.8 Å². The van der Waals surface area contributed by atoms with Crippen LogP contribution in [-0.4, -0.2) is 29.1 Å². The van der Waals surface area contributed by atoms with Crippen molar-refractivity contribution in [2.45, 2.75) is 19.4 Å². The van der Waals surface area contributed by atoms with Crippen LogP contribution < -0.4 is 10.6 Å². The molecule has 1 aromatic carbocycles. The van der Waals surface area contributed by atoms with Crippen molar-refractivity contribution in [3.05, 3.63) is 41.1 Å². The van der Waals surface area contributed by atoms with E-state index in [-0.39, 0.29) is 5.54 Å². The molecule has 0 amide bonds. The van der Waals surface area contributed by atoms with Crippen LogP contribution in [0.25, 0.3) is 11.1 Å². The first kappa shape index (κ1) is 14.9. The summed E-state index contributed by atoms with van der Waals surface area (Å²) in [6.45, 7) is 5.05. The number of nitrogens with one attached hydrogen (secondary N) is 2. The predicted octanol–water partition coefficient (Wildman–Crippen LogP) is 3.32. The number of likely N-dealkylation sites (N-methyl/N-ethyl adjacent to an activating group) is 1. The Labute approximate surface area is 128 Å². The number of halogens is 1. The fourth-order valence-corrected chi connectivity index (χ4v) is 2.24. The quantitative estimate of drug-likeness (QED) is 0.880. The molecule has 0 saturated heterocycles. The standard InChI is InChI=1S/C15H19BrN4/c1-15(2,10-17-3)20-14-18-8-12(9-19-14)11-4-6-13(16)7-5-11/h4-9,17H,10H2,1-3H3,(H,18,19,20). The van der Waals surface area contributed by atoms with Gasteiger partial charge in [0.1, 0.15) is 0 Å². The Morgan fingerprint density at radius 2 is 1.65 bits per heavy atom. The molecule has 106 valence electrons. The number of hydrogen-bond acceptors (Lipinski definition) is 4. The molecule has 20 heavy (non-hydrogen) atoms. The molecule has 2 rings (SSSR count). The Morgan fingerprint density at radius 1 is 1.05 bits per heavy atom. The van der Waals surface area contributed by atoms with Crippen molar-refractivity contribution in [1.82, 2.24) is 15.3 Å². The third-order valence-electron chi connectivity index (χ3n) is 2.90. The normalized spacial score (nSPS) is 11.4. The summed E-state index contributed by atoms with van der Waals surface area (Å²) < 4.78 is 1.06. The molecule has 5 heteroatoms. The van der Waals surface area contributed by atoms with Crippen LogP contribution >= 0.6 is 15.9 Å². The summed E-state index contributed by atoms with van der Waals surface area (Å²) in [6, 6.07) is 8.11. The molecule has 1 heterocycles. The lowest BCUT2D eigenvalue weighted by Crippen LogP contribution is -2.41. The van der Waals surface area contributed by atoms with Crippen molar-refractivity contribution >= 4 is 21.9 Å². The third kappa shape index (κ3) is 4.02. The topological polar surface area (TPSA) is 49.8 Å². The van der Waals surface area contributed by atoms with Crippen LogP contribution in [0, 0.1) is 0 Å². The van der Waals surface area contributed by atoms with Gasteiger partial charge in [-0.05, 0) is 38.6 Å². The molecule has 0 aliphatic heterocycles. The maximum atomic E-state index is 4.38. The second kappa shape index (κ2) is 6.33. The van der Waals surface area contributed by atoms with E-state index in [1.165, 1.54) is 0 Å². The number of benzene rings is 1. The van der Waals surface area contributed by atoms with Crippen molar-refractivity contribution in [1.29, 1.82) is 0 Å². The molecule has 0 spiro atoms. The molecular formula is C15H19BrN4. The minimum atomic E-state index is -0.0894. The van der Waals surface area contributed by atoms with E-state index < -0.39 is 0 Å². The second-order valence-corrected chi connectivity index (χ2v) is 6.26. The fraction of sp³-hybridized carbons (Fsp3) is 0.333. The van der Waals surface area contributed by atoms with Gasteiger partial charge in [0.2, 0.25) is 5.95 Å². The summed E-state index contributed by atoms with van der Waals surface area (Å²) >= 11 is 3.43. The molecule has 4 nitrogen and oxygen atoms in total. The molecule has 2 aromatic rings. The van der Waals surface area contributed by atoms with Gasteiger partial charge in [-0.2, -0.15) is 0 Å². The Bertz CT molecular complexity index is 549. The van der Waals surface area contributed by atoms with E-state index >= 15 is 0 Å². The average molecular weight is 335 g/mol. The van der Waals surface area contributed by atoms with Gasteiger partial charge in [-0.15, -0.1) is 0 Å². The van der Waals surface area contributed by atoms with Crippen LogP contribution in [0.3, 0.4) is 0 Å². The monoisotopic (exact) mass is 334 g/mol. The van der Waals surface area contributed by atoms with Crippen molar-refractivity contribution < 1.29 is 0 Å². The van der Waals surface area contributed by atoms with Crippen LogP contribution in [0.4, 0.5) is 5.95 Å². The minimum Gasteiger partial charge on any atom is -0.348 e. The summed E-state index contributed by atoms with van der Waals surface area (Å²) in [5.41, 5.74) is 2.03. The summed E-state index contributed by atoms with van der Waals surface area (Å²) in [5, 5.41) is 6.46. The van der Waals surface area contributed by atoms with E-state index in [0.29, 0.717) is 5.95 Å². The lowest BCUT2D eigenvalue weighted by Gasteiger charge is -2.25. The zero-order chi connectivity index (χ0) is 14.6. The van der Waals surface area contributed by atoms with Crippen molar-refractivity contribution in [2.75, 3.05) is 18.9 Å². The first-order valence-electron chi connectivity index (χ1n) is 6.51. The third-order valence-corrected chi connectivity index (χ3v) is 3.43. The predicted molar refractivity (Wildman–Crippen MR) is 86.8 cm³/mol. The average Bonchev–Trinajstić information content (AvgIpc) is 2.40. The van der Waals surface area contributed by atoms with Crippen molar-refractivity contribution in [2.24, 2.45) is 0 Å². The Kier molecular flexibility index (Phi) is 4.73. The highest BCUT2D eigenvalue weighted by Crippen LogP contribution is 2.21. The molecule has 1 aromatic heterocycles. The van der Waals surface area contributed by atoms with E-state index in [4.69, 9.17) is 0 Å². The summed E-state index contributed by atoms with van der Waals surface area (Å²) in [6.07, 6.45) is 3.68. The van der Waals surface area contributed by atoms with E-state index in [1.807, 2.05) is 43.7 Å². The number of aromatic nitrogens is 2. The van der Waals surface area contributed by atoms with Gasteiger partial charge in [0.15, 0.2) is 0 Å². The van der Waals surface area contributed by atoms with Crippen LogP contribution in [-0.2, 0) is 0 Å². The second-order valence-electron chi connectivity index (χ2n) is 5.34. The first-order valence-corrected chi connectivity index (χ1v) is 7.30. The lowest BCUT2D eigenvalue weighted by molar-refractivity contribution is 0.526. The first-order chi connectivity index (χ1) is 9.50. The SMILES string of the molecule is CNCC(C)(C)Nc1ncc(-c2ccc(Br)cc2)cn1. The van der Waals surface area contributed by atoms with E-state index in [9.17, 15) is 0 Å². The van der Waals surface area contributed by atoms with Gasteiger partial charge >= 0.3 is 0 Å². The van der Waals surface area contributed by atoms with Gasteiger partial charge in [-0.3, -0.25) is 0 Å². The molecule has 0 saturated carbocycles. The molecule has 0 aliphatic carbocycles. The van der Waals surface area contributed by atoms with Gasteiger partial charge in [0.25, 0.3) is 0 Å². The fourth-order valence-electron chi connectivity index (χ4n) is 1.97. The van der Waals surface area contributed by atoms with Gasteiger partial charge in [0, 0.05) is 34.5 Å². The van der Waals surface area contributed by atoms with Crippen molar-refractivity contribution in [3.8, 4) is 11.1 Å². The Hall–Kier alpha value is -1.46. The molecule has 0 radical (unpaired) electrons. The van der Waals surface area contributed by atoms with Crippen LogP contribution in [0.5, 0.6) is 0 Å². The molecule has 0 unspecified atom stereocenters. The Balaban J connectivity index is 2.12. The zero-order valence-corrected chi connectivity index (χ0v) is 13.5. The van der Waals surface area contributed by atoms with E-state index in [2.05, 4.69) is 50.4 Å². The number of rotatable bonds is 5. The molecular weight excluding hydrogens is 316 g/mol. The highest BCUT2D eigenvalue weighted by molar-refractivity contribution is 9.10. The largest absolute Gasteiger partial charge is 0.348 e. The summed E-state index contributed by atoms with van der Waals surface area (Å²) in [5.74, 6) is 0.645. The summed E-state index contributed by atoms with van der Waals surface area (Å²) in [4.78, 5) is 8.77.